The zero-order valence-corrected chi connectivity index (χ0v) is 20.3. The van der Waals surface area contributed by atoms with Gasteiger partial charge in [0.25, 0.3) is 11.8 Å². The fourth-order valence-electron chi connectivity index (χ4n) is 3.80. The van der Waals surface area contributed by atoms with Crippen LogP contribution < -0.4 is 5.32 Å². The number of nitrogens with one attached hydrogen (secondary N) is 1. The maximum atomic E-state index is 12.6. The molecule has 2 heterocycles. The Bertz CT molecular complexity index is 1130. The number of amides is 3. The maximum Gasteiger partial charge on any atom is 0.321 e. The number of rotatable bonds is 7. The van der Waals surface area contributed by atoms with Crippen LogP contribution in [0.1, 0.15) is 35.4 Å². The fourth-order valence-corrected chi connectivity index (χ4v) is 4.26. The lowest BCUT2D eigenvalue weighted by atomic mass is 10.1. The first-order valence-electron chi connectivity index (χ1n) is 11.4. The molecule has 1 aromatic heterocycles. The summed E-state index contributed by atoms with van der Waals surface area (Å²) < 4.78 is 5.40. The van der Waals surface area contributed by atoms with E-state index in [4.69, 9.17) is 4.52 Å². The van der Waals surface area contributed by atoms with E-state index in [1.165, 1.54) is 6.42 Å². The molecule has 1 saturated heterocycles. The monoisotopic (exact) mass is 479 g/mol. The van der Waals surface area contributed by atoms with Crippen LogP contribution in [0.3, 0.4) is 0 Å². The number of urea groups is 1. The van der Waals surface area contributed by atoms with Gasteiger partial charge in [-0.15, -0.1) is 11.8 Å². The highest BCUT2D eigenvalue weighted by Crippen LogP contribution is 2.21. The van der Waals surface area contributed by atoms with Crippen molar-refractivity contribution in [1.82, 2.24) is 19.9 Å². The molecule has 0 atom stereocenters. The predicted octanol–water partition coefficient (Wildman–Crippen LogP) is 4.79. The molecule has 1 aliphatic rings. The van der Waals surface area contributed by atoms with Crippen LogP contribution in [0.15, 0.2) is 57.9 Å². The van der Waals surface area contributed by atoms with E-state index in [0.29, 0.717) is 30.2 Å². The van der Waals surface area contributed by atoms with Crippen molar-refractivity contribution in [1.29, 1.82) is 0 Å². The molecule has 3 amide bonds. The van der Waals surface area contributed by atoms with E-state index >= 15 is 0 Å². The van der Waals surface area contributed by atoms with Crippen molar-refractivity contribution < 1.29 is 14.1 Å². The Labute approximate surface area is 203 Å². The summed E-state index contributed by atoms with van der Waals surface area (Å²) in [6, 6.07) is 14.8. The van der Waals surface area contributed by atoms with Gasteiger partial charge in [0.05, 0.1) is 0 Å². The zero-order valence-electron chi connectivity index (χ0n) is 19.5. The minimum Gasteiger partial charge on any atom is -0.339 e. The summed E-state index contributed by atoms with van der Waals surface area (Å²) in [4.78, 5) is 34.1. The molecule has 0 unspecified atom stereocenters. The largest absolute Gasteiger partial charge is 0.339 e. The van der Waals surface area contributed by atoms with Crippen LogP contribution in [0.2, 0.25) is 0 Å². The molecule has 3 aromatic rings. The number of aromatic nitrogens is 2. The van der Waals surface area contributed by atoms with E-state index in [2.05, 4.69) is 15.5 Å². The number of carbonyl (C=O) groups excluding carboxylic acids is 2. The van der Waals surface area contributed by atoms with E-state index in [1.807, 2.05) is 47.6 Å². The van der Waals surface area contributed by atoms with E-state index < -0.39 is 0 Å². The standard InChI is InChI=1S/C25H29N5O3S/c1-29(25(32)26-20-7-6-8-21(17-20)34-2)16-13-22-27-23(33-28-22)18-9-11-19(12-10-18)24(31)30-14-4-3-5-15-30/h6-12,17H,3-5,13-16H2,1-2H3,(H,26,32). The van der Waals surface area contributed by atoms with Gasteiger partial charge in [0.1, 0.15) is 0 Å². The third kappa shape index (κ3) is 5.96. The molecule has 34 heavy (non-hydrogen) atoms. The number of benzene rings is 2. The molecular weight excluding hydrogens is 450 g/mol. The molecule has 0 spiro atoms. The average Bonchev–Trinajstić information content (AvgIpc) is 3.36. The second-order valence-electron chi connectivity index (χ2n) is 8.28. The van der Waals surface area contributed by atoms with Crippen molar-refractivity contribution in [2.24, 2.45) is 0 Å². The summed E-state index contributed by atoms with van der Waals surface area (Å²) in [5.74, 6) is 0.986. The van der Waals surface area contributed by atoms with Crippen molar-refractivity contribution in [3.8, 4) is 11.5 Å². The highest BCUT2D eigenvalue weighted by molar-refractivity contribution is 7.98. The molecule has 4 rings (SSSR count). The highest BCUT2D eigenvalue weighted by Gasteiger charge is 2.19. The third-order valence-electron chi connectivity index (χ3n) is 5.83. The molecule has 0 saturated carbocycles. The van der Waals surface area contributed by atoms with Gasteiger partial charge in [-0.1, -0.05) is 11.2 Å². The van der Waals surface area contributed by atoms with Crippen molar-refractivity contribution in [3.05, 3.63) is 59.9 Å². The van der Waals surface area contributed by atoms with Crippen molar-refractivity contribution >= 4 is 29.4 Å². The molecule has 8 nitrogen and oxygen atoms in total. The zero-order chi connectivity index (χ0) is 23.9. The molecule has 178 valence electrons. The van der Waals surface area contributed by atoms with Crippen molar-refractivity contribution in [3.63, 3.8) is 0 Å². The average molecular weight is 480 g/mol. The van der Waals surface area contributed by atoms with Gasteiger partial charge in [0, 0.05) is 54.8 Å². The second-order valence-corrected chi connectivity index (χ2v) is 9.16. The summed E-state index contributed by atoms with van der Waals surface area (Å²) in [5.41, 5.74) is 2.18. The Balaban J connectivity index is 1.30. The quantitative estimate of drug-likeness (QED) is 0.490. The SMILES string of the molecule is CSc1cccc(NC(=O)N(C)CCc2noc(-c3ccc(C(=O)N4CCCCC4)cc3)n2)c1. The van der Waals surface area contributed by atoms with Gasteiger partial charge in [-0.05, 0) is 68.0 Å². The van der Waals surface area contributed by atoms with Crippen LogP contribution >= 0.6 is 11.8 Å². The molecule has 0 radical (unpaired) electrons. The van der Waals surface area contributed by atoms with Crippen molar-refractivity contribution in [2.75, 3.05) is 38.3 Å². The molecule has 1 N–H and O–H groups in total. The molecule has 0 aliphatic carbocycles. The van der Waals surface area contributed by atoms with Crippen LogP contribution in [-0.2, 0) is 6.42 Å². The smallest absolute Gasteiger partial charge is 0.321 e. The molecule has 0 bridgehead atoms. The summed E-state index contributed by atoms with van der Waals surface area (Å²) in [7, 11) is 1.73. The third-order valence-corrected chi connectivity index (χ3v) is 6.55. The second kappa shape index (κ2) is 11.2. The van der Waals surface area contributed by atoms with Gasteiger partial charge < -0.3 is 19.6 Å². The number of likely N-dealkylation sites (tertiary alicyclic amines) is 1. The topological polar surface area (TPSA) is 91.6 Å². The number of hydrogen-bond acceptors (Lipinski definition) is 6. The molecule has 2 aromatic carbocycles. The Morgan fingerprint density at radius 3 is 2.62 bits per heavy atom. The summed E-state index contributed by atoms with van der Waals surface area (Å²) in [5, 5.41) is 6.94. The van der Waals surface area contributed by atoms with Gasteiger partial charge in [-0.25, -0.2) is 4.79 Å². The Morgan fingerprint density at radius 2 is 1.88 bits per heavy atom. The van der Waals surface area contributed by atoms with Crippen LogP contribution in [-0.4, -0.2) is 64.8 Å². The minimum atomic E-state index is -0.198. The molecular formula is C25H29N5O3S. The van der Waals surface area contributed by atoms with E-state index in [9.17, 15) is 9.59 Å². The Hall–Kier alpha value is -3.33. The van der Waals surface area contributed by atoms with Crippen LogP contribution in [0.4, 0.5) is 10.5 Å². The first kappa shape index (κ1) is 23.8. The highest BCUT2D eigenvalue weighted by atomic mass is 32.2. The van der Waals surface area contributed by atoms with Gasteiger partial charge in [0.2, 0.25) is 0 Å². The van der Waals surface area contributed by atoms with E-state index in [0.717, 1.165) is 42.1 Å². The normalized spacial score (nSPS) is 13.5. The van der Waals surface area contributed by atoms with Gasteiger partial charge in [-0.3, -0.25) is 4.79 Å². The van der Waals surface area contributed by atoms with Crippen LogP contribution in [0, 0.1) is 0 Å². The lowest BCUT2D eigenvalue weighted by Gasteiger charge is -2.26. The first-order valence-corrected chi connectivity index (χ1v) is 12.6. The fraction of sp³-hybridized carbons (Fsp3) is 0.360. The number of thioether (sulfide) groups is 1. The maximum absolute atomic E-state index is 12.6. The number of piperidine rings is 1. The van der Waals surface area contributed by atoms with Gasteiger partial charge >= 0.3 is 6.03 Å². The number of anilines is 1. The van der Waals surface area contributed by atoms with E-state index in [-0.39, 0.29) is 11.9 Å². The Kier molecular flexibility index (Phi) is 7.84. The lowest BCUT2D eigenvalue weighted by molar-refractivity contribution is 0.0724. The van der Waals surface area contributed by atoms with E-state index in [1.54, 1.807) is 35.8 Å². The van der Waals surface area contributed by atoms with Gasteiger partial charge in [-0.2, -0.15) is 4.98 Å². The van der Waals surface area contributed by atoms with Crippen LogP contribution in [0.5, 0.6) is 0 Å². The number of carbonyl (C=O) groups is 2. The molecule has 1 aliphatic heterocycles. The number of nitrogens with zero attached hydrogens (tertiary/aromatic N) is 4. The molecule has 1 fully saturated rings. The van der Waals surface area contributed by atoms with Gasteiger partial charge in [0.15, 0.2) is 5.82 Å². The minimum absolute atomic E-state index is 0.0685. The summed E-state index contributed by atoms with van der Waals surface area (Å²) in [6.07, 6.45) is 5.78. The summed E-state index contributed by atoms with van der Waals surface area (Å²) in [6.45, 7) is 2.09. The Morgan fingerprint density at radius 1 is 1.12 bits per heavy atom. The molecule has 9 heteroatoms. The van der Waals surface area contributed by atoms with Crippen molar-refractivity contribution in [2.45, 2.75) is 30.6 Å². The number of likely N-dealkylation sites (N-methyl/N-ethyl adjacent to an activating group) is 1. The first-order chi connectivity index (χ1) is 16.5. The number of hydrogen-bond donors (Lipinski definition) is 1. The summed E-state index contributed by atoms with van der Waals surface area (Å²) >= 11 is 1.62. The van der Waals surface area contributed by atoms with Crippen LogP contribution in [0.25, 0.3) is 11.5 Å². The lowest BCUT2D eigenvalue weighted by Crippen LogP contribution is -2.35. The predicted molar refractivity (Wildman–Crippen MR) is 133 cm³/mol.